The molecule has 0 aliphatic rings. The molecule has 0 spiro atoms. The Morgan fingerprint density at radius 1 is 1.25 bits per heavy atom. The molecule has 0 aromatic heterocycles. The summed E-state index contributed by atoms with van der Waals surface area (Å²) in [6, 6.07) is 0.821. The van der Waals surface area contributed by atoms with Crippen molar-refractivity contribution in [3.8, 4) is 0 Å². The zero-order valence-electron chi connectivity index (χ0n) is 14.5. The lowest BCUT2D eigenvalue weighted by Gasteiger charge is -2.38. The van der Waals surface area contributed by atoms with E-state index in [4.69, 9.17) is 4.74 Å². The molecular formula is C16H34N2O2. The van der Waals surface area contributed by atoms with Crippen LogP contribution < -0.4 is 5.32 Å². The molecule has 120 valence electrons. The van der Waals surface area contributed by atoms with E-state index in [-0.39, 0.29) is 5.97 Å². The molecular weight excluding hydrogens is 252 g/mol. The summed E-state index contributed by atoms with van der Waals surface area (Å²) in [6.07, 6.45) is 1.89. The standard InChI is InChI=1S/C16H34N2O2/c1-8-11-18(13(4)5)14(6)12-16(7,17-9-2)15(19)20-10-3/h13-14,17H,8-12H2,1-7H3. The fourth-order valence-electron chi connectivity index (χ4n) is 2.86. The van der Waals surface area contributed by atoms with E-state index in [1.807, 2.05) is 20.8 Å². The molecule has 2 unspecified atom stereocenters. The third-order valence-electron chi connectivity index (χ3n) is 3.71. The summed E-state index contributed by atoms with van der Waals surface area (Å²) in [4.78, 5) is 14.7. The van der Waals surface area contributed by atoms with E-state index in [1.54, 1.807) is 0 Å². The van der Waals surface area contributed by atoms with Gasteiger partial charge in [0.2, 0.25) is 0 Å². The van der Waals surface area contributed by atoms with Crippen LogP contribution in [0, 0.1) is 0 Å². The Hall–Kier alpha value is -0.610. The van der Waals surface area contributed by atoms with Crippen LogP contribution in [-0.2, 0) is 9.53 Å². The van der Waals surface area contributed by atoms with Gasteiger partial charge in [-0.1, -0.05) is 13.8 Å². The van der Waals surface area contributed by atoms with Gasteiger partial charge in [-0.3, -0.25) is 9.69 Å². The molecule has 0 aromatic carbocycles. The predicted molar refractivity (Wildman–Crippen MR) is 84.9 cm³/mol. The summed E-state index contributed by atoms with van der Waals surface area (Å²) in [5, 5.41) is 3.31. The quantitative estimate of drug-likeness (QED) is 0.627. The van der Waals surface area contributed by atoms with Gasteiger partial charge in [-0.2, -0.15) is 0 Å². The van der Waals surface area contributed by atoms with Gasteiger partial charge >= 0.3 is 5.97 Å². The Morgan fingerprint density at radius 2 is 1.85 bits per heavy atom. The lowest BCUT2D eigenvalue weighted by molar-refractivity contribution is -0.151. The minimum absolute atomic E-state index is 0.145. The van der Waals surface area contributed by atoms with Crippen molar-refractivity contribution in [2.75, 3.05) is 19.7 Å². The maximum absolute atomic E-state index is 12.2. The number of hydrogen-bond donors (Lipinski definition) is 1. The summed E-state index contributed by atoms with van der Waals surface area (Å²) in [6.45, 7) is 16.9. The smallest absolute Gasteiger partial charge is 0.326 e. The predicted octanol–water partition coefficient (Wildman–Crippen LogP) is 2.82. The molecule has 0 aromatic rings. The van der Waals surface area contributed by atoms with Crippen LogP contribution in [0.25, 0.3) is 0 Å². The van der Waals surface area contributed by atoms with Gasteiger partial charge in [-0.15, -0.1) is 0 Å². The minimum Gasteiger partial charge on any atom is -0.465 e. The van der Waals surface area contributed by atoms with Gasteiger partial charge in [0, 0.05) is 12.1 Å². The van der Waals surface area contributed by atoms with Crippen molar-refractivity contribution in [3.63, 3.8) is 0 Å². The number of carbonyl (C=O) groups excluding carboxylic acids is 1. The number of carbonyl (C=O) groups is 1. The number of likely N-dealkylation sites (N-methyl/N-ethyl adjacent to an activating group) is 1. The highest BCUT2D eigenvalue weighted by Crippen LogP contribution is 2.20. The van der Waals surface area contributed by atoms with E-state index in [9.17, 15) is 4.79 Å². The van der Waals surface area contributed by atoms with E-state index in [2.05, 4.69) is 37.9 Å². The van der Waals surface area contributed by atoms with Crippen molar-refractivity contribution in [1.82, 2.24) is 10.2 Å². The molecule has 2 atom stereocenters. The minimum atomic E-state index is -0.606. The van der Waals surface area contributed by atoms with Crippen LogP contribution in [0.4, 0.5) is 0 Å². The Balaban J connectivity index is 4.91. The zero-order chi connectivity index (χ0) is 15.8. The SMILES string of the molecule is CCCN(C(C)C)C(C)CC(C)(NCC)C(=O)OCC. The van der Waals surface area contributed by atoms with Crippen molar-refractivity contribution in [2.45, 2.75) is 78.9 Å². The molecule has 0 aliphatic heterocycles. The van der Waals surface area contributed by atoms with Gasteiger partial charge in [0.1, 0.15) is 5.54 Å². The molecule has 0 radical (unpaired) electrons. The second kappa shape index (κ2) is 9.35. The normalized spacial score (nSPS) is 16.2. The Kier molecular flexibility index (Phi) is 9.06. The van der Waals surface area contributed by atoms with Crippen LogP contribution in [0.1, 0.15) is 61.3 Å². The number of rotatable bonds is 10. The fourth-order valence-corrected chi connectivity index (χ4v) is 2.86. The molecule has 0 amide bonds. The molecule has 1 N–H and O–H groups in total. The van der Waals surface area contributed by atoms with Crippen LogP contribution in [0.3, 0.4) is 0 Å². The first kappa shape index (κ1) is 19.4. The number of esters is 1. The van der Waals surface area contributed by atoms with Gasteiger partial charge in [0.15, 0.2) is 0 Å². The zero-order valence-corrected chi connectivity index (χ0v) is 14.5. The third-order valence-corrected chi connectivity index (χ3v) is 3.71. The summed E-state index contributed by atoms with van der Waals surface area (Å²) in [7, 11) is 0. The Bertz CT molecular complexity index is 282. The van der Waals surface area contributed by atoms with Crippen molar-refractivity contribution in [2.24, 2.45) is 0 Å². The second-order valence-corrected chi connectivity index (χ2v) is 5.97. The van der Waals surface area contributed by atoms with Gasteiger partial charge < -0.3 is 10.1 Å². The molecule has 0 rings (SSSR count). The third kappa shape index (κ3) is 5.80. The van der Waals surface area contributed by atoms with Crippen molar-refractivity contribution in [3.05, 3.63) is 0 Å². The largest absolute Gasteiger partial charge is 0.465 e. The average Bonchev–Trinajstić information content (AvgIpc) is 2.35. The van der Waals surface area contributed by atoms with Crippen LogP contribution in [0.15, 0.2) is 0 Å². The highest BCUT2D eigenvalue weighted by Gasteiger charge is 2.36. The summed E-state index contributed by atoms with van der Waals surface area (Å²) in [5.41, 5.74) is -0.606. The van der Waals surface area contributed by atoms with Crippen molar-refractivity contribution < 1.29 is 9.53 Å². The fraction of sp³-hybridized carbons (Fsp3) is 0.938. The molecule has 0 saturated carbocycles. The molecule has 4 heteroatoms. The summed E-state index contributed by atoms with van der Waals surface area (Å²) >= 11 is 0. The van der Waals surface area contributed by atoms with Crippen LogP contribution in [-0.4, -0.2) is 48.2 Å². The highest BCUT2D eigenvalue weighted by atomic mass is 16.5. The molecule has 0 bridgehead atoms. The first-order valence-corrected chi connectivity index (χ1v) is 8.00. The first-order chi connectivity index (χ1) is 9.32. The average molecular weight is 286 g/mol. The molecule has 0 saturated heterocycles. The number of hydrogen-bond acceptors (Lipinski definition) is 4. The van der Waals surface area contributed by atoms with Gasteiger partial charge in [0.25, 0.3) is 0 Å². The van der Waals surface area contributed by atoms with Crippen LogP contribution in [0.2, 0.25) is 0 Å². The lowest BCUT2D eigenvalue weighted by Crippen LogP contribution is -2.55. The molecule has 20 heavy (non-hydrogen) atoms. The maximum Gasteiger partial charge on any atom is 0.326 e. The summed E-state index contributed by atoms with van der Waals surface area (Å²) < 4.78 is 5.24. The first-order valence-electron chi connectivity index (χ1n) is 8.00. The van der Waals surface area contributed by atoms with Gasteiger partial charge in [0.05, 0.1) is 6.61 Å². The van der Waals surface area contributed by atoms with Crippen LogP contribution in [0.5, 0.6) is 0 Å². The monoisotopic (exact) mass is 286 g/mol. The molecule has 0 fully saturated rings. The Morgan fingerprint density at radius 3 is 2.25 bits per heavy atom. The topological polar surface area (TPSA) is 41.6 Å². The second-order valence-electron chi connectivity index (χ2n) is 5.97. The van der Waals surface area contributed by atoms with E-state index >= 15 is 0 Å². The van der Waals surface area contributed by atoms with Crippen LogP contribution >= 0.6 is 0 Å². The Labute approximate surface area is 125 Å². The maximum atomic E-state index is 12.2. The summed E-state index contributed by atoms with van der Waals surface area (Å²) in [5.74, 6) is -0.145. The van der Waals surface area contributed by atoms with E-state index < -0.39 is 5.54 Å². The number of nitrogens with zero attached hydrogens (tertiary/aromatic N) is 1. The van der Waals surface area contributed by atoms with Gasteiger partial charge in [-0.25, -0.2) is 0 Å². The highest BCUT2D eigenvalue weighted by molar-refractivity contribution is 5.80. The number of nitrogens with one attached hydrogen (secondary N) is 1. The van der Waals surface area contributed by atoms with Gasteiger partial charge in [-0.05, 0) is 60.5 Å². The molecule has 4 nitrogen and oxygen atoms in total. The van der Waals surface area contributed by atoms with E-state index in [1.165, 1.54) is 0 Å². The van der Waals surface area contributed by atoms with E-state index in [0.29, 0.717) is 18.7 Å². The molecule has 0 heterocycles. The lowest BCUT2D eigenvalue weighted by atomic mass is 9.92. The molecule has 0 aliphatic carbocycles. The van der Waals surface area contributed by atoms with Crippen molar-refractivity contribution >= 4 is 5.97 Å². The van der Waals surface area contributed by atoms with Crippen molar-refractivity contribution in [1.29, 1.82) is 0 Å². The number of ether oxygens (including phenoxy) is 1. The van der Waals surface area contributed by atoms with E-state index in [0.717, 1.165) is 25.9 Å².